The van der Waals surface area contributed by atoms with Crippen LogP contribution in [0.3, 0.4) is 0 Å². The number of carbonyl (C=O) groups is 3. The number of likely N-dealkylation sites (N-methyl/N-ethyl adjacent to an activating group) is 1. The zero-order valence-electron chi connectivity index (χ0n) is 18.7. The first-order chi connectivity index (χ1) is 14.8. The third-order valence-electron chi connectivity index (χ3n) is 5.05. The molecule has 0 aliphatic rings. The van der Waals surface area contributed by atoms with Crippen LogP contribution < -0.4 is 16.0 Å². The van der Waals surface area contributed by atoms with E-state index in [0.29, 0.717) is 23.8 Å². The molecule has 31 heavy (non-hydrogen) atoms. The highest BCUT2D eigenvalue weighted by Crippen LogP contribution is 2.26. The number of rotatable bonds is 10. The average molecular weight is 425 g/mol. The van der Waals surface area contributed by atoms with Gasteiger partial charge in [-0.15, -0.1) is 0 Å². The second kappa shape index (κ2) is 11.9. The molecule has 0 aromatic heterocycles. The minimum Gasteiger partial charge on any atom is -0.326 e. The van der Waals surface area contributed by atoms with Crippen molar-refractivity contribution in [2.75, 3.05) is 35.6 Å². The van der Waals surface area contributed by atoms with E-state index in [4.69, 9.17) is 0 Å². The van der Waals surface area contributed by atoms with E-state index in [1.54, 1.807) is 29.2 Å². The van der Waals surface area contributed by atoms with Crippen LogP contribution in [-0.4, -0.2) is 42.3 Å². The van der Waals surface area contributed by atoms with Gasteiger partial charge in [0.05, 0.1) is 13.1 Å². The molecule has 2 aromatic rings. The van der Waals surface area contributed by atoms with E-state index < -0.39 is 0 Å². The minimum atomic E-state index is -0.207. The summed E-state index contributed by atoms with van der Waals surface area (Å²) in [5.74, 6) is -0.158. The fourth-order valence-corrected chi connectivity index (χ4v) is 3.18. The van der Waals surface area contributed by atoms with Crippen molar-refractivity contribution in [2.45, 2.75) is 40.0 Å². The van der Waals surface area contributed by atoms with Gasteiger partial charge in [0.2, 0.25) is 17.7 Å². The van der Waals surface area contributed by atoms with Crippen LogP contribution in [0, 0.1) is 0 Å². The number of hydrogen-bond acceptors (Lipinski definition) is 4. The molecule has 0 bridgehead atoms. The van der Waals surface area contributed by atoms with Gasteiger partial charge in [-0.05, 0) is 54.8 Å². The zero-order chi connectivity index (χ0) is 22.8. The van der Waals surface area contributed by atoms with Gasteiger partial charge in [0.25, 0.3) is 0 Å². The minimum absolute atomic E-state index is 0.102. The lowest BCUT2D eigenvalue weighted by atomic mass is 9.97. The van der Waals surface area contributed by atoms with Crippen LogP contribution in [0.4, 0.5) is 17.1 Å². The number of nitrogens with one attached hydrogen (secondary N) is 3. The van der Waals surface area contributed by atoms with Crippen LogP contribution in [0.1, 0.15) is 45.6 Å². The van der Waals surface area contributed by atoms with Crippen LogP contribution in [-0.2, 0) is 14.4 Å². The molecule has 166 valence electrons. The molecule has 2 rings (SSSR count). The summed E-state index contributed by atoms with van der Waals surface area (Å²) >= 11 is 0. The van der Waals surface area contributed by atoms with E-state index in [2.05, 4.69) is 29.8 Å². The lowest BCUT2D eigenvalue weighted by Crippen LogP contribution is -2.38. The van der Waals surface area contributed by atoms with Gasteiger partial charge < -0.3 is 16.0 Å². The van der Waals surface area contributed by atoms with Crippen molar-refractivity contribution >= 4 is 34.8 Å². The van der Waals surface area contributed by atoms with Gasteiger partial charge in [0.15, 0.2) is 0 Å². The topological polar surface area (TPSA) is 90.5 Å². The lowest BCUT2D eigenvalue weighted by Gasteiger charge is -2.21. The third kappa shape index (κ3) is 7.86. The largest absolute Gasteiger partial charge is 0.326 e. The lowest BCUT2D eigenvalue weighted by molar-refractivity contribution is -0.120. The first-order valence-electron chi connectivity index (χ1n) is 10.6. The van der Waals surface area contributed by atoms with Crippen molar-refractivity contribution in [2.24, 2.45) is 0 Å². The van der Waals surface area contributed by atoms with E-state index in [9.17, 15) is 14.4 Å². The van der Waals surface area contributed by atoms with Crippen molar-refractivity contribution in [1.82, 2.24) is 4.90 Å². The summed E-state index contributed by atoms with van der Waals surface area (Å²) in [6, 6.07) is 14.7. The first kappa shape index (κ1) is 24.1. The summed E-state index contributed by atoms with van der Waals surface area (Å²) in [4.78, 5) is 37.9. The number of amides is 3. The Kier molecular flexibility index (Phi) is 9.21. The van der Waals surface area contributed by atoms with Crippen molar-refractivity contribution in [3.8, 4) is 0 Å². The molecule has 7 heteroatoms. The standard InChI is InChI=1S/C24H32N4O3/c1-5-17(3)21-9-7-8-10-22(21)27-24(31)16-28(6-2)15-23(30)26-20-13-11-19(12-14-20)25-18(4)29/h7-14,17H,5-6,15-16H2,1-4H3,(H,25,29)(H,26,30)(H,27,31)/t17-/m1/s1. The van der Waals surface area contributed by atoms with E-state index in [1.165, 1.54) is 6.92 Å². The Morgan fingerprint density at radius 1 is 0.839 bits per heavy atom. The summed E-state index contributed by atoms with van der Waals surface area (Å²) in [6.07, 6.45) is 0.986. The van der Waals surface area contributed by atoms with Crippen molar-refractivity contribution < 1.29 is 14.4 Å². The van der Waals surface area contributed by atoms with E-state index in [-0.39, 0.29) is 30.8 Å². The molecule has 0 aliphatic heterocycles. The van der Waals surface area contributed by atoms with Crippen molar-refractivity contribution in [3.05, 3.63) is 54.1 Å². The second-order valence-corrected chi connectivity index (χ2v) is 7.55. The van der Waals surface area contributed by atoms with Crippen molar-refractivity contribution in [3.63, 3.8) is 0 Å². The Morgan fingerprint density at radius 2 is 1.39 bits per heavy atom. The van der Waals surface area contributed by atoms with E-state index >= 15 is 0 Å². The molecular weight excluding hydrogens is 392 g/mol. The van der Waals surface area contributed by atoms with Gasteiger partial charge in [0, 0.05) is 24.0 Å². The Balaban J connectivity index is 1.90. The molecule has 0 saturated carbocycles. The normalized spacial score (nSPS) is 11.6. The second-order valence-electron chi connectivity index (χ2n) is 7.55. The molecule has 3 N–H and O–H groups in total. The highest BCUT2D eigenvalue weighted by atomic mass is 16.2. The molecule has 0 fully saturated rings. The van der Waals surface area contributed by atoms with Gasteiger partial charge in [-0.3, -0.25) is 19.3 Å². The number of carbonyl (C=O) groups excluding carboxylic acids is 3. The summed E-state index contributed by atoms with van der Waals surface area (Å²) < 4.78 is 0. The van der Waals surface area contributed by atoms with Crippen LogP contribution in [0.5, 0.6) is 0 Å². The predicted molar refractivity (Wildman–Crippen MR) is 125 cm³/mol. The highest BCUT2D eigenvalue weighted by molar-refractivity contribution is 5.95. The van der Waals surface area contributed by atoms with Gasteiger partial charge in [0.1, 0.15) is 0 Å². The third-order valence-corrected chi connectivity index (χ3v) is 5.05. The monoisotopic (exact) mass is 424 g/mol. The number of hydrogen-bond donors (Lipinski definition) is 3. The summed E-state index contributed by atoms with van der Waals surface area (Å²) in [6.45, 7) is 8.40. The molecule has 1 atom stereocenters. The van der Waals surface area contributed by atoms with Gasteiger partial charge in [-0.2, -0.15) is 0 Å². The maximum absolute atomic E-state index is 12.6. The molecule has 0 radical (unpaired) electrons. The van der Waals surface area contributed by atoms with Crippen LogP contribution in [0.2, 0.25) is 0 Å². The first-order valence-corrected chi connectivity index (χ1v) is 10.6. The SMILES string of the molecule is CC[C@@H](C)c1ccccc1NC(=O)CN(CC)CC(=O)Nc1ccc(NC(C)=O)cc1. The highest BCUT2D eigenvalue weighted by Gasteiger charge is 2.16. The maximum Gasteiger partial charge on any atom is 0.238 e. The summed E-state index contributed by atoms with van der Waals surface area (Å²) in [7, 11) is 0. The van der Waals surface area contributed by atoms with Gasteiger partial charge in [-0.1, -0.05) is 39.0 Å². The number of nitrogens with zero attached hydrogens (tertiary/aromatic N) is 1. The van der Waals surface area contributed by atoms with Crippen LogP contribution in [0.15, 0.2) is 48.5 Å². The average Bonchev–Trinajstić information content (AvgIpc) is 2.74. The number of benzene rings is 2. The summed E-state index contributed by atoms with van der Waals surface area (Å²) in [5.41, 5.74) is 3.22. The Labute approximate surface area is 184 Å². The molecule has 0 unspecified atom stereocenters. The fraction of sp³-hybridized carbons (Fsp3) is 0.375. The fourth-order valence-electron chi connectivity index (χ4n) is 3.18. The molecule has 0 spiro atoms. The summed E-state index contributed by atoms with van der Waals surface area (Å²) in [5, 5.41) is 8.48. The maximum atomic E-state index is 12.6. The molecule has 7 nitrogen and oxygen atoms in total. The van der Waals surface area contributed by atoms with Crippen LogP contribution >= 0.6 is 0 Å². The van der Waals surface area contributed by atoms with Gasteiger partial charge in [-0.25, -0.2) is 0 Å². The molecule has 3 amide bonds. The predicted octanol–water partition coefficient (Wildman–Crippen LogP) is 4.06. The van der Waals surface area contributed by atoms with Gasteiger partial charge >= 0.3 is 0 Å². The van der Waals surface area contributed by atoms with Crippen molar-refractivity contribution in [1.29, 1.82) is 0 Å². The number of anilines is 3. The van der Waals surface area contributed by atoms with E-state index in [1.807, 2.05) is 31.2 Å². The molecule has 0 heterocycles. The molecule has 2 aromatic carbocycles. The number of para-hydroxylation sites is 1. The Hall–Kier alpha value is -3.19. The molecule has 0 saturated heterocycles. The van der Waals surface area contributed by atoms with Crippen LogP contribution in [0.25, 0.3) is 0 Å². The molecule has 0 aliphatic carbocycles. The van der Waals surface area contributed by atoms with E-state index in [0.717, 1.165) is 17.7 Å². The smallest absolute Gasteiger partial charge is 0.238 e. The Bertz CT molecular complexity index is 896. The Morgan fingerprint density at radius 3 is 1.94 bits per heavy atom. The zero-order valence-corrected chi connectivity index (χ0v) is 18.7. The quantitative estimate of drug-likeness (QED) is 0.536. The molecular formula is C24H32N4O3.